The van der Waals surface area contributed by atoms with Gasteiger partial charge in [0.2, 0.25) is 5.91 Å². The van der Waals surface area contributed by atoms with Crippen molar-refractivity contribution in [3.8, 4) is 0 Å². The first-order chi connectivity index (χ1) is 8.40. The Hall–Kier alpha value is -1.23. The number of nitrogen functional groups attached to an aromatic ring is 1. The summed E-state index contributed by atoms with van der Waals surface area (Å²) in [7, 11) is 0. The average molecular weight is 270 g/mol. The highest BCUT2D eigenvalue weighted by atomic mass is 32.2. The largest absolute Gasteiger partial charge is 0.396 e. The molecule has 1 amide bonds. The van der Waals surface area contributed by atoms with Gasteiger partial charge in [-0.1, -0.05) is 13.8 Å². The number of amides is 1. The van der Waals surface area contributed by atoms with Gasteiger partial charge in [0.25, 0.3) is 0 Å². The third-order valence-corrected chi connectivity index (χ3v) is 3.43. The van der Waals surface area contributed by atoms with Gasteiger partial charge >= 0.3 is 0 Å². The summed E-state index contributed by atoms with van der Waals surface area (Å²) in [5.74, 6) is -0.0687. The molecule has 0 saturated heterocycles. The maximum atomic E-state index is 13.2. The molecule has 1 aromatic carbocycles. The van der Waals surface area contributed by atoms with E-state index in [0.29, 0.717) is 17.4 Å². The second-order valence-corrected chi connectivity index (χ2v) is 6.00. The van der Waals surface area contributed by atoms with Gasteiger partial charge in [0.05, 0.1) is 10.9 Å². The third kappa shape index (κ3) is 4.56. The van der Waals surface area contributed by atoms with Crippen molar-refractivity contribution in [2.24, 2.45) is 5.92 Å². The van der Waals surface area contributed by atoms with Crippen LogP contribution in [0.15, 0.2) is 23.1 Å². The van der Waals surface area contributed by atoms with Crippen molar-refractivity contribution < 1.29 is 9.18 Å². The van der Waals surface area contributed by atoms with Crippen molar-refractivity contribution in [3.63, 3.8) is 0 Å². The zero-order chi connectivity index (χ0) is 13.7. The second-order valence-electron chi connectivity index (χ2n) is 4.58. The van der Waals surface area contributed by atoms with E-state index in [2.05, 4.69) is 5.32 Å². The van der Waals surface area contributed by atoms with Gasteiger partial charge in [0.15, 0.2) is 0 Å². The van der Waals surface area contributed by atoms with Crippen molar-refractivity contribution in [3.05, 3.63) is 24.0 Å². The lowest BCUT2D eigenvalue weighted by Crippen LogP contribution is -2.33. The Kier molecular flexibility index (Phi) is 5.47. The molecule has 0 aromatic heterocycles. The van der Waals surface area contributed by atoms with Crippen LogP contribution >= 0.6 is 11.8 Å². The predicted octanol–water partition coefficient (Wildman–Crippen LogP) is 2.66. The minimum absolute atomic E-state index is 0.0362. The molecule has 100 valence electrons. The molecule has 0 heterocycles. The van der Waals surface area contributed by atoms with E-state index in [1.54, 1.807) is 13.0 Å². The minimum Gasteiger partial charge on any atom is -0.396 e. The standard InChI is InChI=1S/C13H19FN2OS/c1-8(2)7-16-13(17)9(3)18-10-4-5-12(15)11(14)6-10/h4-6,8-9H,7,15H2,1-3H3,(H,16,17). The molecule has 0 fully saturated rings. The topological polar surface area (TPSA) is 55.1 Å². The third-order valence-electron chi connectivity index (χ3n) is 2.34. The maximum Gasteiger partial charge on any atom is 0.233 e. The quantitative estimate of drug-likeness (QED) is 0.639. The highest BCUT2D eigenvalue weighted by molar-refractivity contribution is 8.00. The molecule has 1 aromatic rings. The van der Waals surface area contributed by atoms with Crippen LogP contribution in [0.25, 0.3) is 0 Å². The molecule has 0 radical (unpaired) electrons. The van der Waals surface area contributed by atoms with Crippen molar-refractivity contribution in [1.29, 1.82) is 0 Å². The van der Waals surface area contributed by atoms with Gasteiger partial charge in [-0.15, -0.1) is 11.8 Å². The first-order valence-corrected chi connectivity index (χ1v) is 6.77. The maximum absolute atomic E-state index is 13.2. The molecule has 0 saturated carbocycles. The Balaban J connectivity index is 2.55. The lowest BCUT2D eigenvalue weighted by molar-refractivity contribution is -0.120. The summed E-state index contributed by atoms with van der Waals surface area (Å²) in [6.45, 7) is 6.52. The molecule has 0 aliphatic carbocycles. The number of hydrogen-bond donors (Lipinski definition) is 2. The number of nitrogens with one attached hydrogen (secondary N) is 1. The van der Waals surface area contributed by atoms with Crippen LogP contribution in [-0.2, 0) is 4.79 Å². The van der Waals surface area contributed by atoms with Crippen molar-refractivity contribution in [1.82, 2.24) is 5.32 Å². The summed E-state index contributed by atoms with van der Waals surface area (Å²) in [5.41, 5.74) is 5.52. The number of anilines is 1. The number of halogens is 1. The molecule has 0 aliphatic heterocycles. The van der Waals surface area contributed by atoms with Crippen molar-refractivity contribution in [2.75, 3.05) is 12.3 Å². The van der Waals surface area contributed by atoms with E-state index in [-0.39, 0.29) is 16.8 Å². The molecule has 3 N–H and O–H groups in total. The van der Waals surface area contributed by atoms with Crippen LogP contribution < -0.4 is 11.1 Å². The zero-order valence-electron chi connectivity index (χ0n) is 10.9. The summed E-state index contributed by atoms with van der Waals surface area (Å²) in [4.78, 5) is 12.5. The fourth-order valence-corrected chi connectivity index (χ4v) is 2.20. The number of rotatable bonds is 5. The van der Waals surface area contributed by atoms with Crippen LogP contribution in [-0.4, -0.2) is 17.7 Å². The number of thioether (sulfide) groups is 1. The Morgan fingerprint density at radius 1 is 1.44 bits per heavy atom. The van der Waals surface area contributed by atoms with E-state index in [1.165, 1.54) is 23.9 Å². The summed E-state index contributed by atoms with van der Waals surface area (Å²) < 4.78 is 13.2. The van der Waals surface area contributed by atoms with E-state index >= 15 is 0 Å². The van der Waals surface area contributed by atoms with Crippen LogP contribution in [0.1, 0.15) is 20.8 Å². The number of carbonyl (C=O) groups excluding carboxylic acids is 1. The van der Waals surface area contributed by atoms with Crippen LogP contribution in [0.3, 0.4) is 0 Å². The molecular weight excluding hydrogens is 251 g/mol. The number of carbonyl (C=O) groups is 1. The van der Waals surface area contributed by atoms with Crippen LogP contribution in [0.5, 0.6) is 0 Å². The van der Waals surface area contributed by atoms with Crippen LogP contribution in [0, 0.1) is 11.7 Å². The Morgan fingerprint density at radius 2 is 2.11 bits per heavy atom. The molecule has 0 bridgehead atoms. The number of hydrogen-bond acceptors (Lipinski definition) is 3. The van der Waals surface area contributed by atoms with Gasteiger partial charge in [0, 0.05) is 11.4 Å². The Bertz CT molecular complexity index is 423. The SMILES string of the molecule is CC(C)CNC(=O)C(C)Sc1ccc(N)c(F)c1. The molecule has 1 rings (SSSR count). The van der Waals surface area contributed by atoms with Crippen molar-refractivity contribution >= 4 is 23.4 Å². The molecule has 0 spiro atoms. The molecule has 3 nitrogen and oxygen atoms in total. The first kappa shape index (κ1) is 14.8. The molecule has 0 aliphatic rings. The average Bonchev–Trinajstić information content (AvgIpc) is 2.30. The van der Waals surface area contributed by atoms with Gasteiger partial charge in [-0.25, -0.2) is 4.39 Å². The Morgan fingerprint density at radius 3 is 2.67 bits per heavy atom. The van der Waals surface area contributed by atoms with Gasteiger partial charge < -0.3 is 11.1 Å². The van der Waals surface area contributed by atoms with E-state index in [4.69, 9.17) is 5.73 Å². The normalized spacial score (nSPS) is 12.5. The first-order valence-electron chi connectivity index (χ1n) is 5.89. The van der Waals surface area contributed by atoms with Crippen LogP contribution in [0.2, 0.25) is 0 Å². The minimum atomic E-state index is -0.449. The summed E-state index contributed by atoms with van der Waals surface area (Å²) in [5, 5.41) is 2.59. The fourth-order valence-electron chi connectivity index (χ4n) is 1.29. The van der Waals surface area contributed by atoms with E-state index in [0.717, 1.165) is 0 Å². The highest BCUT2D eigenvalue weighted by Crippen LogP contribution is 2.25. The number of nitrogens with two attached hydrogens (primary N) is 1. The molecule has 18 heavy (non-hydrogen) atoms. The van der Waals surface area contributed by atoms with E-state index in [1.807, 2.05) is 13.8 Å². The second kappa shape index (κ2) is 6.64. The Labute approximate surface area is 111 Å². The molecule has 1 atom stereocenters. The predicted molar refractivity (Wildman–Crippen MR) is 74.0 cm³/mol. The fraction of sp³-hybridized carbons (Fsp3) is 0.462. The molecule has 5 heteroatoms. The van der Waals surface area contributed by atoms with Gasteiger partial charge in [0.1, 0.15) is 5.82 Å². The summed E-state index contributed by atoms with van der Waals surface area (Å²) in [6, 6.07) is 4.58. The smallest absolute Gasteiger partial charge is 0.233 e. The van der Waals surface area contributed by atoms with E-state index < -0.39 is 5.82 Å². The lowest BCUT2D eigenvalue weighted by atomic mass is 10.2. The zero-order valence-corrected chi connectivity index (χ0v) is 11.7. The molecular formula is C13H19FN2OS. The van der Waals surface area contributed by atoms with Gasteiger partial charge in [-0.2, -0.15) is 0 Å². The summed E-state index contributed by atoms with van der Waals surface area (Å²) >= 11 is 1.32. The monoisotopic (exact) mass is 270 g/mol. The number of benzene rings is 1. The highest BCUT2D eigenvalue weighted by Gasteiger charge is 2.14. The lowest BCUT2D eigenvalue weighted by Gasteiger charge is -2.13. The molecule has 1 unspecified atom stereocenters. The summed E-state index contributed by atoms with van der Waals surface area (Å²) in [6.07, 6.45) is 0. The van der Waals surface area contributed by atoms with Gasteiger partial charge in [-0.3, -0.25) is 4.79 Å². The van der Waals surface area contributed by atoms with E-state index in [9.17, 15) is 9.18 Å². The van der Waals surface area contributed by atoms with Crippen LogP contribution in [0.4, 0.5) is 10.1 Å². The van der Waals surface area contributed by atoms with Crippen molar-refractivity contribution in [2.45, 2.75) is 30.9 Å². The van der Waals surface area contributed by atoms with Gasteiger partial charge in [-0.05, 0) is 31.0 Å².